The van der Waals surface area contributed by atoms with Crippen LogP contribution < -0.4 is 5.73 Å². The van der Waals surface area contributed by atoms with Crippen molar-refractivity contribution in [2.75, 3.05) is 18.8 Å². The lowest BCUT2D eigenvalue weighted by Crippen LogP contribution is -2.31. The minimum atomic E-state index is -4.65. The third-order valence-electron chi connectivity index (χ3n) is 7.06. The number of rotatable bonds is 5. The number of anilines is 1. The lowest BCUT2D eigenvalue weighted by Gasteiger charge is -2.25. The molecular weight excluding hydrogens is 417 g/mol. The van der Waals surface area contributed by atoms with E-state index >= 15 is 0 Å². The average molecular weight is 441 g/mol. The number of likely N-dealkylation sites (tertiary alicyclic amines) is 1. The molecule has 0 radical (unpaired) electrons. The molecule has 0 bridgehead atoms. The zero-order chi connectivity index (χ0) is 21.9. The Labute approximate surface area is 176 Å². The Kier molecular flexibility index (Phi) is 4.95. The summed E-state index contributed by atoms with van der Waals surface area (Å²) in [5.41, 5.74) is 5.36. The van der Waals surface area contributed by atoms with Gasteiger partial charge in [0.2, 0.25) is 0 Å². The van der Waals surface area contributed by atoms with E-state index in [2.05, 4.69) is 15.0 Å². The number of nitrogen functional groups attached to an aromatic ring is 1. The molecule has 5 nitrogen and oxygen atoms in total. The van der Waals surface area contributed by atoms with Crippen molar-refractivity contribution >= 4 is 5.82 Å². The van der Waals surface area contributed by atoms with E-state index in [0.29, 0.717) is 23.6 Å². The van der Waals surface area contributed by atoms with Crippen LogP contribution in [0, 0.1) is 11.8 Å². The van der Waals surface area contributed by atoms with Crippen LogP contribution in [-0.2, 0) is 12.7 Å². The monoisotopic (exact) mass is 441 g/mol. The molecule has 10 heteroatoms. The molecule has 2 aromatic rings. The first-order valence-electron chi connectivity index (χ1n) is 10.7. The van der Waals surface area contributed by atoms with Crippen LogP contribution in [0.25, 0.3) is 11.3 Å². The maximum atomic E-state index is 13.2. The Balaban J connectivity index is 1.41. The van der Waals surface area contributed by atoms with Gasteiger partial charge in [0.1, 0.15) is 12.4 Å². The summed E-state index contributed by atoms with van der Waals surface area (Å²) in [6, 6.07) is 3.11. The van der Waals surface area contributed by atoms with E-state index in [0.717, 1.165) is 32.0 Å². The molecular formula is C21H24F5N5. The van der Waals surface area contributed by atoms with Crippen LogP contribution in [0.4, 0.5) is 27.8 Å². The van der Waals surface area contributed by atoms with Gasteiger partial charge in [0.15, 0.2) is 0 Å². The number of halogens is 5. The molecule has 2 unspecified atom stereocenters. The van der Waals surface area contributed by atoms with Crippen LogP contribution >= 0.6 is 0 Å². The summed E-state index contributed by atoms with van der Waals surface area (Å²) < 4.78 is 67.3. The molecule has 0 amide bonds. The van der Waals surface area contributed by atoms with Crippen LogP contribution in [0.5, 0.6) is 0 Å². The number of fused-ring (bicyclic) bond motifs is 1. The molecule has 3 fully saturated rings. The third-order valence-corrected chi connectivity index (χ3v) is 7.06. The summed E-state index contributed by atoms with van der Waals surface area (Å²) in [4.78, 5) is 6.18. The van der Waals surface area contributed by atoms with Crippen molar-refractivity contribution in [2.45, 2.75) is 56.8 Å². The number of aromatic nitrogens is 3. The van der Waals surface area contributed by atoms with Crippen molar-refractivity contribution in [3.05, 3.63) is 29.6 Å². The fraction of sp³-hybridized carbons (Fsp3) is 0.619. The van der Waals surface area contributed by atoms with Gasteiger partial charge in [-0.3, -0.25) is 4.68 Å². The number of nitrogens with zero attached hydrogens (tertiary/aromatic N) is 4. The van der Waals surface area contributed by atoms with Crippen LogP contribution in [0.15, 0.2) is 18.3 Å². The zero-order valence-electron chi connectivity index (χ0n) is 16.8. The van der Waals surface area contributed by atoms with E-state index in [1.165, 1.54) is 23.7 Å². The largest absolute Gasteiger partial charge is 0.419 e. The summed E-state index contributed by atoms with van der Waals surface area (Å²) in [5.74, 6) is 0.388. The van der Waals surface area contributed by atoms with Crippen molar-refractivity contribution < 1.29 is 22.0 Å². The Morgan fingerprint density at radius 1 is 1.10 bits per heavy atom. The third kappa shape index (κ3) is 3.79. The molecule has 0 spiro atoms. The van der Waals surface area contributed by atoms with Gasteiger partial charge in [-0.2, -0.15) is 18.3 Å². The maximum absolute atomic E-state index is 13.2. The standard InChI is InChI=1S/C21H24F5N5/c22-18(23)10-31-17(19-13-6-12(7-14(13)19)30-3-1-2-4-30)8-16(29-31)11-5-15(21(24,25)26)20(27)28-9-11/h5,8-9,12-14,18-19H,1-4,6-7,10H2,(H2,27,28)/t12?,13-,14+,19?. The highest BCUT2D eigenvalue weighted by atomic mass is 19.4. The van der Waals surface area contributed by atoms with Gasteiger partial charge in [-0.15, -0.1) is 0 Å². The summed E-state index contributed by atoms with van der Waals surface area (Å²) in [6.07, 6.45) is -1.49. The molecule has 2 aromatic heterocycles. The number of pyridine rings is 1. The van der Waals surface area contributed by atoms with Crippen molar-refractivity contribution in [3.63, 3.8) is 0 Å². The summed E-state index contributed by atoms with van der Waals surface area (Å²) >= 11 is 0. The second-order valence-electron chi connectivity index (χ2n) is 8.90. The molecule has 0 aromatic carbocycles. The van der Waals surface area contributed by atoms with Gasteiger partial charge in [-0.05, 0) is 62.7 Å². The Morgan fingerprint density at radius 2 is 1.77 bits per heavy atom. The molecule has 2 aliphatic carbocycles. The molecule has 3 aliphatic rings. The quantitative estimate of drug-likeness (QED) is 0.699. The van der Waals surface area contributed by atoms with Gasteiger partial charge in [0.05, 0.1) is 11.3 Å². The van der Waals surface area contributed by atoms with Gasteiger partial charge < -0.3 is 10.6 Å². The topological polar surface area (TPSA) is 60.0 Å². The second kappa shape index (κ2) is 7.43. The second-order valence-corrected chi connectivity index (χ2v) is 8.90. The summed E-state index contributed by atoms with van der Waals surface area (Å²) in [7, 11) is 0. The fourth-order valence-corrected chi connectivity index (χ4v) is 5.62. The van der Waals surface area contributed by atoms with E-state index in [1.54, 1.807) is 6.07 Å². The minimum absolute atomic E-state index is 0.122. The van der Waals surface area contributed by atoms with E-state index in [-0.39, 0.29) is 17.2 Å². The van der Waals surface area contributed by atoms with Crippen molar-refractivity contribution in [1.29, 1.82) is 0 Å². The van der Waals surface area contributed by atoms with E-state index < -0.39 is 30.5 Å². The molecule has 31 heavy (non-hydrogen) atoms. The van der Waals surface area contributed by atoms with Gasteiger partial charge in [-0.25, -0.2) is 13.8 Å². The fourth-order valence-electron chi connectivity index (χ4n) is 5.62. The zero-order valence-corrected chi connectivity index (χ0v) is 16.8. The normalized spacial score (nSPS) is 28.5. The Bertz CT molecular complexity index is 954. The predicted octanol–water partition coefficient (Wildman–Crippen LogP) is 4.40. The average Bonchev–Trinajstić information content (AvgIpc) is 3.18. The molecule has 168 valence electrons. The Morgan fingerprint density at radius 3 is 2.39 bits per heavy atom. The van der Waals surface area contributed by atoms with Crippen LogP contribution in [-0.4, -0.2) is 45.2 Å². The van der Waals surface area contributed by atoms with Crippen molar-refractivity contribution in [2.24, 2.45) is 11.8 Å². The van der Waals surface area contributed by atoms with Gasteiger partial charge in [0.25, 0.3) is 6.43 Å². The highest BCUT2D eigenvalue weighted by Gasteiger charge is 2.58. The van der Waals surface area contributed by atoms with Crippen LogP contribution in [0.1, 0.15) is 42.9 Å². The first kappa shape index (κ1) is 20.7. The summed E-state index contributed by atoms with van der Waals surface area (Å²) in [6.45, 7) is 1.69. The Hall–Kier alpha value is -2.23. The number of hydrogen-bond donors (Lipinski definition) is 1. The van der Waals surface area contributed by atoms with E-state index in [1.807, 2.05) is 0 Å². The SMILES string of the molecule is Nc1ncc(-c2cc(C3[C@H]4CC(N5CCCC5)C[C@@H]34)n(CC(F)F)n2)cc1C(F)(F)F. The highest BCUT2D eigenvalue weighted by Crippen LogP contribution is 2.64. The van der Waals surface area contributed by atoms with Crippen LogP contribution in [0.2, 0.25) is 0 Å². The smallest absolute Gasteiger partial charge is 0.383 e. The molecule has 1 aliphatic heterocycles. The molecule has 1 saturated heterocycles. The maximum Gasteiger partial charge on any atom is 0.419 e. The van der Waals surface area contributed by atoms with Gasteiger partial charge in [0, 0.05) is 29.4 Å². The van der Waals surface area contributed by atoms with Crippen molar-refractivity contribution in [1.82, 2.24) is 19.7 Å². The molecule has 3 heterocycles. The number of alkyl halides is 5. The predicted molar refractivity (Wildman–Crippen MR) is 104 cm³/mol. The van der Waals surface area contributed by atoms with Gasteiger partial charge >= 0.3 is 6.18 Å². The first-order chi connectivity index (χ1) is 14.7. The number of nitrogens with two attached hydrogens (primary N) is 1. The first-order valence-corrected chi connectivity index (χ1v) is 10.7. The molecule has 5 rings (SSSR count). The van der Waals surface area contributed by atoms with Crippen molar-refractivity contribution in [3.8, 4) is 11.3 Å². The molecule has 2 saturated carbocycles. The molecule has 4 atom stereocenters. The lowest BCUT2D eigenvalue weighted by molar-refractivity contribution is -0.137. The van der Waals surface area contributed by atoms with E-state index in [4.69, 9.17) is 5.73 Å². The lowest BCUT2D eigenvalue weighted by atomic mass is 10.0. The van der Waals surface area contributed by atoms with Crippen LogP contribution in [0.3, 0.4) is 0 Å². The van der Waals surface area contributed by atoms with E-state index in [9.17, 15) is 22.0 Å². The summed E-state index contributed by atoms with van der Waals surface area (Å²) in [5, 5.41) is 4.24. The molecule has 2 N–H and O–H groups in total. The highest BCUT2D eigenvalue weighted by molar-refractivity contribution is 5.63. The van der Waals surface area contributed by atoms with Gasteiger partial charge in [-0.1, -0.05) is 0 Å². The minimum Gasteiger partial charge on any atom is -0.383 e. The number of hydrogen-bond acceptors (Lipinski definition) is 4.